The number of nitrogens with zero attached hydrogens (tertiary/aromatic N) is 2. The third-order valence-electron chi connectivity index (χ3n) is 5.46. The van der Waals surface area contributed by atoms with Crippen molar-refractivity contribution in [3.05, 3.63) is 76.4 Å². The molecular weight excluding hydrogens is 398 g/mol. The molecule has 1 fully saturated rings. The third kappa shape index (κ3) is 4.47. The summed E-state index contributed by atoms with van der Waals surface area (Å²) in [6.07, 6.45) is 3.73. The summed E-state index contributed by atoms with van der Waals surface area (Å²) in [5, 5.41) is 4.94. The van der Waals surface area contributed by atoms with Crippen molar-refractivity contribution >= 4 is 28.8 Å². The molecule has 0 radical (unpaired) electrons. The molecule has 3 heterocycles. The molecule has 30 heavy (non-hydrogen) atoms. The van der Waals surface area contributed by atoms with Gasteiger partial charge in [0.1, 0.15) is 5.76 Å². The smallest absolute Gasteiger partial charge is 0.253 e. The quantitative estimate of drug-likeness (QED) is 0.622. The van der Waals surface area contributed by atoms with Crippen LogP contribution in [0.25, 0.3) is 0 Å². The predicted octanol–water partition coefficient (Wildman–Crippen LogP) is 4.07. The van der Waals surface area contributed by atoms with Crippen LogP contribution < -0.4 is 10.2 Å². The van der Waals surface area contributed by atoms with E-state index in [-0.39, 0.29) is 11.8 Å². The molecular formula is C23H25N3O3S. The number of rotatable bonds is 7. The fourth-order valence-corrected chi connectivity index (χ4v) is 4.76. The molecule has 1 aliphatic rings. The molecule has 1 atom stereocenters. The summed E-state index contributed by atoms with van der Waals surface area (Å²) in [7, 11) is 1.73. The SMILES string of the molecule is CN(C(=O)CN1CCC[C@@H]1c1cccs1)c1ccccc1C(=O)NCc1ccco1. The Bertz CT molecular complexity index is 985. The topological polar surface area (TPSA) is 65.8 Å². The van der Waals surface area contributed by atoms with Crippen LogP contribution in [-0.4, -0.2) is 36.9 Å². The van der Waals surface area contributed by atoms with Crippen molar-refractivity contribution in [2.45, 2.75) is 25.4 Å². The molecule has 2 amide bonds. The van der Waals surface area contributed by atoms with Gasteiger partial charge < -0.3 is 14.6 Å². The molecule has 0 aliphatic carbocycles. The van der Waals surface area contributed by atoms with Crippen molar-refractivity contribution < 1.29 is 14.0 Å². The summed E-state index contributed by atoms with van der Waals surface area (Å²) in [5.74, 6) is 0.419. The highest BCUT2D eigenvalue weighted by atomic mass is 32.1. The summed E-state index contributed by atoms with van der Waals surface area (Å²) in [6.45, 7) is 1.54. The molecule has 1 saturated heterocycles. The Balaban J connectivity index is 1.44. The van der Waals surface area contributed by atoms with Crippen LogP contribution in [0.5, 0.6) is 0 Å². The minimum Gasteiger partial charge on any atom is -0.467 e. The van der Waals surface area contributed by atoms with Crippen molar-refractivity contribution in [2.75, 3.05) is 25.0 Å². The number of carbonyl (C=O) groups is 2. The second-order valence-electron chi connectivity index (χ2n) is 7.38. The third-order valence-corrected chi connectivity index (χ3v) is 6.43. The van der Waals surface area contributed by atoms with E-state index in [2.05, 4.69) is 27.7 Å². The molecule has 1 aromatic carbocycles. The summed E-state index contributed by atoms with van der Waals surface area (Å²) < 4.78 is 5.27. The fraction of sp³-hybridized carbons (Fsp3) is 0.304. The second kappa shape index (κ2) is 9.28. The van der Waals surface area contributed by atoms with E-state index < -0.39 is 0 Å². The number of likely N-dealkylation sites (N-methyl/N-ethyl adjacent to an activating group) is 1. The zero-order valence-electron chi connectivity index (χ0n) is 16.9. The minimum absolute atomic E-state index is 0.0234. The Kier molecular flexibility index (Phi) is 6.30. The number of amides is 2. The fourth-order valence-electron chi connectivity index (χ4n) is 3.87. The van der Waals surface area contributed by atoms with Crippen molar-refractivity contribution in [1.82, 2.24) is 10.2 Å². The molecule has 0 bridgehead atoms. The van der Waals surface area contributed by atoms with Crippen LogP contribution in [-0.2, 0) is 11.3 Å². The molecule has 2 aromatic heterocycles. The second-order valence-corrected chi connectivity index (χ2v) is 8.36. The van der Waals surface area contributed by atoms with Crippen molar-refractivity contribution in [2.24, 2.45) is 0 Å². The van der Waals surface area contributed by atoms with E-state index >= 15 is 0 Å². The lowest BCUT2D eigenvalue weighted by Gasteiger charge is -2.27. The van der Waals surface area contributed by atoms with Crippen LogP contribution in [0, 0.1) is 0 Å². The van der Waals surface area contributed by atoms with Gasteiger partial charge in [-0.2, -0.15) is 0 Å². The van der Waals surface area contributed by atoms with Gasteiger partial charge in [0.25, 0.3) is 5.91 Å². The lowest BCUT2D eigenvalue weighted by molar-refractivity contribution is -0.119. The largest absolute Gasteiger partial charge is 0.467 e. The first-order valence-corrected chi connectivity index (χ1v) is 10.9. The van der Waals surface area contributed by atoms with Crippen LogP contribution in [0.1, 0.15) is 39.9 Å². The molecule has 3 aromatic rings. The molecule has 1 N–H and O–H groups in total. The van der Waals surface area contributed by atoms with E-state index in [1.54, 1.807) is 53.8 Å². The summed E-state index contributed by atoms with van der Waals surface area (Å²) >= 11 is 1.74. The van der Waals surface area contributed by atoms with Gasteiger partial charge in [0, 0.05) is 18.0 Å². The number of nitrogens with one attached hydrogen (secondary N) is 1. The monoisotopic (exact) mass is 423 g/mol. The van der Waals surface area contributed by atoms with Crippen LogP contribution >= 0.6 is 11.3 Å². The Morgan fingerprint density at radius 3 is 2.83 bits per heavy atom. The van der Waals surface area contributed by atoms with Gasteiger partial charge in [0.2, 0.25) is 5.91 Å². The van der Waals surface area contributed by atoms with Gasteiger partial charge in [-0.1, -0.05) is 18.2 Å². The van der Waals surface area contributed by atoms with E-state index in [9.17, 15) is 9.59 Å². The van der Waals surface area contributed by atoms with Gasteiger partial charge in [0.05, 0.1) is 30.6 Å². The number of hydrogen-bond acceptors (Lipinski definition) is 5. The van der Waals surface area contributed by atoms with Crippen molar-refractivity contribution in [3.63, 3.8) is 0 Å². The lowest BCUT2D eigenvalue weighted by Crippen LogP contribution is -2.39. The molecule has 7 heteroatoms. The minimum atomic E-state index is -0.237. The zero-order valence-corrected chi connectivity index (χ0v) is 17.7. The first-order chi connectivity index (χ1) is 14.6. The normalized spacial score (nSPS) is 16.5. The number of hydrogen-bond donors (Lipinski definition) is 1. The summed E-state index contributed by atoms with van der Waals surface area (Å²) in [4.78, 5) is 31.0. The number of likely N-dealkylation sites (tertiary alicyclic amines) is 1. The molecule has 1 aliphatic heterocycles. The number of thiophene rings is 1. The highest BCUT2D eigenvalue weighted by Gasteiger charge is 2.29. The highest BCUT2D eigenvalue weighted by Crippen LogP contribution is 2.34. The van der Waals surface area contributed by atoms with Crippen LogP contribution in [0.4, 0.5) is 5.69 Å². The average molecular weight is 424 g/mol. The number of carbonyl (C=O) groups excluding carboxylic acids is 2. The maximum atomic E-state index is 13.1. The Morgan fingerprint density at radius 1 is 1.20 bits per heavy atom. The summed E-state index contributed by atoms with van der Waals surface area (Å²) in [5.41, 5.74) is 1.07. The van der Waals surface area contributed by atoms with Crippen LogP contribution in [0.15, 0.2) is 64.6 Å². The number of benzene rings is 1. The van der Waals surface area contributed by atoms with Crippen molar-refractivity contribution in [3.8, 4) is 0 Å². The van der Waals surface area contributed by atoms with Crippen molar-refractivity contribution in [1.29, 1.82) is 0 Å². The molecule has 0 spiro atoms. The van der Waals surface area contributed by atoms with E-state index in [0.29, 0.717) is 36.1 Å². The number of anilines is 1. The molecule has 6 nitrogen and oxygen atoms in total. The Labute approximate surface area is 180 Å². The molecule has 0 saturated carbocycles. The van der Waals surface area contributed by atoms with Gasteiger partial charge >= 0.3 is 0 Å². The van der Waals surface area contributed by atoms with Gasteiger partial charge in [-0.3, -0.25) is 14.5 Å². The highest BCUT2D eigenvalue weighted by molar-refractivity contribution is 7.10. The van der Waals surface area contributed by atoms with Gasteiger partial charge in [-0.25, -0.2) is 0 Å². The molecule has 4 rings (SSSR count). The van der Waals surface area contributed by atoms with Gasteiger partial charge in [0.15, 0.2) is 0 Å². The van der Waals surface area contributed by atoms with Gasteiger partial charge in [-0.15, -0.1) is 11.3 Å². The Morgan fingerprint density at radius 2 is 2.07 bits per heavy atom. The standard InChI is InChI=1S/C23H25N3O3S/c1-25(22(27)16-26-12-4-10-20(26)21-11-6-14-30-21)19-9-3-2-8-18(19)23(28)24-15-17-7-5-13-29-17/h2-3,5-9,11,13-14,20H,4,10,12,15-16H2,1H3,(H,24,28)/t20-/m1/s1. The van der Waals surface area contributed by atoms with E-state index in [0.717, 1.165) is 19.4 Å². The number of para-hydroxylation sites is 1. The predicted molar refractivity (Wildman–Crippen MR) is 118 cm³/mol. The maximum absolute atomic E-state index is 13.1. The molecule has 156 valence electrons. The van der Waals surface area contributed by atoms with E-state index in [4.69, 9.17) is 4.42 Å². The van der Waals surface area contributed by atoms with Crippen LogP contribution in [0.3, 0.4) is 0 Å². The first-order valence-electron chi connectivity index (χ1n) is 10.1. The van der Waals surface area contributed by atoms with Crippen LogP contribution in [0.2, 0.25) is 0 Å². The zero-order chi connectivity index (χ0) is 20.9. The number of furan rings is 1. The van der Waals surface area contributed by atoms with E-state index in [1.165, 1.54) is 4.88 Å². The maximum Gasteiger partial charge on any atom is 0.253 e. The first kappa shape index (κ1) is 20.4. The summed E-state index contributed by atoms with van der Waals surface area (Å²) in [6, 6.07) is 15.3. The Hall–Kier alpha value is -2.90. The van der Waals surface area contributed by atoms with E-state index in [1.807, 2.05) is 12.1 Å². The lowest BCUT2D eigenvalue weighted by atomic mass is 10.1. The average Bonchev–Trinajstić information content (AvgIpc) is 3.54. The molecule has 0 unspecified atom stereocenters. The van der Waals surface area contributed by atoms with Gasteiger partial charge in [-0.05, 0) is 55.1 Å².